The van der Waals surface area contributed by atoms with Gasteiger partial charge in [0, 0.05) is 18.6 Å². The number of nitrogens with zero attached hydrogens (tertiary/aromatic N) is 2. The number of carbonyl (C=O) groups is 1. The number of carbonyl (C=O) groups excluding carboxylic acids is 1. The van der Waals surface area contributed by atoms with Crippen LogP contribution in [0.4, 0.5) is 0 Å². The van der Waals surface area contributed by atoms with Crippen LogP contribution in [0.5, 0.6) is 0 Å². The first-order valence-electron chi connectivity index (χ1n) is 8.69. The van der Waals surface area contributed by atoms with Crippen molar-refractivity contribution in [3.63, 3.8) is 0 Å². The number of rotatable bonds is 4. The lowest BCUT2D eigenvalue weighted by Crippen LogP contribution is -2.55. The summed E-state index contributed by atoms with van der Waals surface area (Å²) in [6, 6.07) is 0.0117. The zero-order valence-corrected chi connectivity index (χ0v) is 14.3. The van der Waals surface area contributed by atoms with Crippen LogP contribution >= 0.6 is 0 Å². The SMILES string of the molecule is CCN1CCCC(CN2C(=O)C(NC)CCCC2(C)C)C1. The number of hydrogen-bond donors (Lipinski definition) is 1. The topological polar surface area (TPSA) is 35.6 Å². The van der Waals surface area contributed by atoms with Crippen molar-refractivity contribution in [3.8, 4) is 0 Å². The Morgan fingerprint density at radius 3 is 2.71 bits per heavy atom. The number of likely N-dealkylation sites (N-methyl/N-ethyl adjacent to an activating group) is 1. The first kappa shape index (κ1) is 16.8. The standard InChI is InChI=1S/C17H33N3O/c1-5-19-11-7-8-14(12-19)13-20-16(21)15(18-4)9-6-10-17(20,2)3/h14-15,18H,5-13H2,1-4H3. The van der Waals surface area contributed by atoms with E-state index in [0.29, 0.717) is 11.8 Å². The number of nitrogens with one attached hydrogen (secondary N) is 1. The van der Waals surface area contributed by atoms with Crippen LogP contribution in [0.15, 0.2) is 0 Å². The summed E-state index contributed by atoms with van der Waals surface area (Å²) in [6.07, 6.45) is 5.76. The number of hydrogen-bond acceptors (Lipinski definition) is 3. The second-order valence-corrected chi connectivity index (χ2v) is 7.40. The molecule has 2 fully saturated rings. The van der Waals surface area contributed by atoms with Crippen LogP contribution in [0.3, 0.4) is 0 Å². The van der Waals surface area contributed by atoms with E-state index in [9.17, 15) is 4.79 Å². The molecule has 0 saturated carbocycles. The number of amides is 1. The van der Waals surface area contributed by atoms with Gasteiger partial charge < -0.3 is 15.1 Å². The maximum atomic E-state index is 12.9. The Morgan fingerprint density at radius 1 is 1.29 bits per heavy atom. The molecule has 0 aromatic carbocycles. The maximum absolute atomic E-state index is 12.9. The zero-order chi connectivity index (χ0) is 15.5. The van der Waals surface area contributed by atoms with Gasteiger partial charge in [-0.05, 0) is 72.0 Å². The molecule has 0 spiro atoms. The lowest BCUT2D eigenvalue weighted by atomic mass is 9.92. The van der Waals surface area contributed by atoms with Crippen molar-refractivity contribution < 1.29 is 4.79 Å². The Kier molecular flexibility index (Phi) is 5.67. The van der Waals surface area contributed by atoms with Gasteiger partial charge in [-0.3, -0.25) is 4.79 Å². The van der Waals surface area contributed by atoms with Crippen molar-refractivity contribution in [1.29, 1.82) is 0 Å². The minimum absolute atomic E-state index is 0.00280. The minimum atomic E-state index is -0.00280. The van der Waals surface area contributed by atoms with Crippen molar-refractivity contribution in [1.82, 2.24) is 15.1 Å². The molecule has 0 aromatic rings. The molecular formula is C17H33N3O. The first-order valence-corrected chi connectivity index (χ1v) is 8.69. The summed E-state index contributed by atoms with van der Waals surface area (Å²) < 4.78 is 0. The van der Waals surface area contributed by atoms with Crippen LogP contribution in [0, 0.1) is 5.92 Å². The van der Waals surface area contributed by atoms with Crippen molar-refractivity contribution in [2.75, 3.05) is 33.2 Å². The second-order valence-electron chi connectivity index (χ2n) is 7.40. The van der Waals surface area contributed by atoms with E-state index >= 15 is 0 Å². The van der Waals surface area contributed by atoms with Gasteiger partial charge in [-0.1, -0.05) is 6.92 Å². The van der Waals surface area contributed by atoms with Crippen molar-refractivity contribution in [2.24, 2.45) is 5.92 Å². The fourth-order valence-electron chi connectivity index (χ4n) is 3.93. The molecule has 0 radical (unpaired) electrons. The third-order valence-electron chi connectivity index (χ3n) is 5.42. The van der Waals surface area contributed by atoms with Crippen molar-refractivity contribution in [2.45, 2.75) is 64.5 Å². The molecule has 2 rings (SSSR count). The molecule has 2 unspecified atom stereocenters. The van der Waals surface area contributed by atoms with Crippen LogP contribution in [0.25, 0.3) is 0 Å². The highest BCUT2D eigenvalue weighted by molar-refractivity contribution is 5.82. The highest BCUT2D eigenvalue weighted by atomic mass is 16.2. The normalized spacial score (nSPS) is 31.2. The van der Waals surface area contributed by atoms with Crippen LogP contribution < -0.4 is 5.32 Å². The highest BCUT2D eigenvalue weighted by Crippen LogP contribution is 2.30. The Bertz CT molecular complexity index is 356. The first-order chi connectivity index (χ1) is 9.97. The fraction of sp³-hybridized carbons (Fsp3) is 0.941. The zero-order valence-electron chi connectivity index (χ0n) is 14.3. The van der Waals surface area contributed by atoms with E-state index in [4.69, 9.17) is 0 Å². The monoisotopic (exact) mass is 295 g/mol. The van der Waals surface area contributed by atoms with Gasteiger partial charge in [0.25, 0.3) is 0 Å². The molecule has 1 amide bonds. The number of likely N-dealkylation sites (tertiary alicyclic amines) is 2. The average molecular weight is 295 g/mol. The summed E-state index contributed by atoms with van der Waals surface area (Å²) >= 11 is 0. The molecule has 4 nitrogen and oxygen atoms in total. The largest absolute Gasteiger partial charge is 0.336 e. The lowest BCUT2D eigenvalue weighted by Gasteiger charge is -2.42. The molecule has 2 heterocycles. The van der Waals surface area contributed by atoms with Crippen LogP contribution in [0.2, 0.25) is 0 Å². The van der Waals surface area contributed by atoms with Crippen LogP contribution in [-0.2, 0) is 4.79 Å². The van der Waals surface area contributed by atoms with Gasteiger partial charge >= 0.3 is 0 Å². The van der Waals surface area contributed by atoms with Gasteiger partial charge in [-0.15, -0.1) is 0 Å². The summed E-state index contributed by atoms with van der Waals surface area (Å²) in [5, 5.41) is 3.22. The predicted molar refractivity (Wildman–Crippen MR) is 87.3 cm³/mol. The van der Waals surface area contributed by atoms with E-state index in [-0.39, 0.29) is 11.6 Å². The highest BCUT2D eigenvalue weighted by Gasteiger charge is 2.38. The Balaban J connectivity index is 2.07. The molecule has 4 heteroatoms. The molecule has 2 aliphatic rings. The summed E-state index contributed by atoms with van der Waals surface area (Å²) in [5.41, 5.74) is -0.00280. The summed E-state index contributed by atoms with van der Waals surface area (Å²) in [6.45, 7) is 11.2. The predicted octanol–water partition coefficient (Wildman–Crippen LogP) is 2.10. The van der Waals surface area contributed by atoms with E-state index in [2.05, 4.69) is 35.9 Å². The molecule has 0 aliphatic carbocycles. The molecule has 2 saturated heterocycles. The molecule has 2 atom stereocenters. The molecule has 21 heavy (non-hydrogen) atoms. The van der Waals surface area contributed by atoms with E-state index in [1.165, 1.54) is 19.4 Å². The van der Waals surface area contributed by atoms with Gasteiger partial charge in [0.05, 0.1) is 6.04 Å². The van der Waals surface area contributed by atoms with E-state index in [0.717, 1.165) is 38.9 Å². The summed E-state index contributed by atoms with van der Waals surface area (Å²) in [5.74, 6) is 0.950. The third kappa shape index (κ3) is 3.98. The Labute approximate surface area is 130 Å². The van der Waals surface area contributed by atoms with Gasteiger partial charge in [0.15, 0.2) is 0 Å². The average Bonchev–Trinajstić information content (AvgIpc) is 2.58. The third-order valence-corrected chi connectivity index (χ3v) is 5.42. The van der Waals surface area contributed by atoms with Gasteiger partial charge in [0.2, 0.25) is 5.91 Å². The number of piperidine rings is 1. The minimum Gasteiger partial charge on any atom is -0.336 e. The molecule has 0 aromatic heterocycles. The van der Waals surface area contributed by atoms with E-state index in [1.807, 2.05) is 7.05 Å². The van der Waals surface area contributed by atoms with Gasteiger partial charge in [0.1, 0.15) is 0 Å². The second kappa shape index (κ2) is 7.10. The smallest absolute Gasteiger partial charge is 0.240 e. The molecule has 2 aliphatic heterocycles. The van der Waals surface area contributed by atoms with Crippen molar-refractivity contribution in [3.05, 3.63) is 0 Å². The molecule has 122 valence electrons. The summed E-state index contributed by atoms with van der Waals surface area (Å²) in [4.78, 5) is 17.6. The van der Waals surface area contributed by atoms with Gasteiger partial charge in [-0.2, -0.15) is 0 Å². The van der Waals surface area contributed by atoms with E-state index in [1.54, 1.807) is 0 Å². The van der Waals surface area contributed by atoms with Gasteiger partial charge in [-0.25, -0.2) is 0 Å². The van der Waals surface area contributed by atoms with Crippen molar-refractivity contribution >= 4 is 5.91 Å². The van der Waals surface area contributed by atoms with E-state index < -0.39 is 0 Å². The molecule has 0 bridgehead atoms. The van der Waals surface area contributed by atoms with Crippen LogP contribution in [0.1, 0.15) is 52.9 Å². The fourth-order valence-corrected chi connectivity index (χ4v) is 3.93. The lowest BCUT2D eigenvalue weighted by molar-refractivity contribution is -0.139. The Hall–Kier alpha value is -0.610. The molecular weight excluding hydrogens is 262 g/mol. The maximum Gasteiger partial charge on any atom is 0.240 e. The Morgan fingerprint density at radius 2 is 2.05 bits per heavy atom. The van der Waals surface area contributed by atoms with Crippen LogP contribution in [-0.4, -0.2) is 60.5 Å². The molecule has 1 N–H and O–H groups in total. The summed E-state index contributed by atoms with van der Waals surface area (Å²) in [7, 11) is 1.92. The quantitative estimate of drug-likeness (QED) is 0.863.